The maximum atomic E-state index is 6.45. The van der Waals surface area contributed by atoms with Gasteiger partial charge in [0.2, 0.25) is 0 Å². The summed E-state index contributed by atoms with van der Waals surface area (Å²) in [5.74, 6) is 0.852. The van der Waals surface area contributed by atoms with Gasteiger partial charge < -0.3 is 5.32 Å². The van der Waals surface area contributed by atoms with Gasteiger partial charge in [-0.25, -0.2) is 0 Å². The minimum atomic E-state index is 0.238. The Morgan fingerprint density at radius 2 is 1.91 bits per heavy atom. The number of allylic oxidation sites excluding steroid dienone is 2. The molecule has 4 heteroatoms. The first kappa shape index (κ1) is 14.6. The fraction of sp³-hybridized carbons (Fsp3) is 0.222. The Hall–Kier alpha value is -0.960. The summed E-state index contributed by atoms with van der Waals surface area (Å²) in [6, 6.07) is 12.5. The van der Waals surface area contributed by atoms with Gasteiger partial charge in [0, 0.05) is 15.4 Å². The van der Waals surface area contributed by atoms with Crippen molar-refractivity contribution in [2.24, 2.45) is 5.92 Å². The van der Waals surface area contributed by atoms with Crippen LogP contribution in [-0.4, -0.2) is 0 Å². The average Bonchev–Trinajstić information content (AvgIpc) is 2.97. The van der Waals surface area contributed by atoms with E-state index in [-0.39, 0.29) is 6.04 Å². The second-order valence-electron chi connectivity index (χ2n) is 5.85. The van der Waals surface area contributed by atoms with E-state index in [9.17, 15) is 0 Å². The summed E-state index contributed by atoms with van der Waals surface area (Å²) in [6.45, 7) is 0. The zero-order valence-corrected chi connectivity index (χ0v) is 14.8. The molecular weight excluding hydrogens is 381 g/mol. The van der Waals surface area contributed by atoms with Gasteiger partial charge in [-0.15, -0.1) is 0 Å². The summed E-state index contributed by atoms with van der Waals surface area (Å²) in [7, 11) is 0. The van der Waals surface area contributed by atoms with Gasteiger partial charge in [0.05, 0.1) is 16.8 Å². The highest BCUT2D eigenvalue weighted by Crippen LogP contribution is 2.52. The molecule has 0 aromatic heterocycles. The SMILES string of the molecule is Clc1cc(Cl)c2c(c1)[C@@H]1C=CC[C@@H]1[C@H](c1ccccc1Br)N2. The molecule has 1 heterocycles. The van der Waals surface area contributed by atoms with Gasteiger partial charge >= 0.3 is 0 Å². The molecule has 2 aromatic rings. The summed E-state index contributed by atoms with van der Waals surface area (Å²) in [6.07, 6.45) is 5.62. The number of hydrogen-bond donors (Lipinski definition) is 1. The number of rotatable bonds is 1. The van der Waals surface area contributed by atoms with E-state index >= 15 is 0 Å². The largest absolute Gasteiger partial charge is 0.376 e. The number of fused-ring (bicyclic) bond motifs is 3. The minimum Gasteiger partial charge on any atom is -0.376 e. The molecule has 0 saturated carbocycles. The fourth-order valence-electron chi connectivity index (χ4n) is 3.66. The first-order chi connectivity index (χ1) is 10.6. The third-order valence-electron chi connectivity index (χ3n) is 4.63. The molecule has 22 heavy (non-hydrogen) atoms. The topological polar surface area (TPSA) is 12.0 Å². The van der Waals surface area contributed by atoms with E-state index in [4.69, 9.17) is 23.2 Å². The standard InChI is InChI=1S/C18H14BrCl2N/c19-15-7-2-1-4-13(15)17-12-6-3-5-11(12)14-8-10(20)9-16(21)18(14)22-17/h1-5,7-9,11-12,17,22H,6H2/t11-,12+,17-/m1/s1. The zero-order chi connectivity index (χ0) is 15.3. The van der Waals surface area contributed by atoms with Crippen molar-refractivity contribution in [3.8, 4) is 0 Å². The van der Waals surface area contributed by atoms with Crippen molar-refractivity contribution < 1.29 is 0 Å². The van der Waals surface area contributed by atoms with Gasteiger partial charge in [0.15, 0.2) is 0 Å². The van der Waals surface area contributed by atoms with Crippen molar-refractivity contribution in [3.05, 3.63) is 74.2 Å². The van der Waals surface area contributed by atoms with Crippen molar-refractivity contribution in [1.82, 2.24) is 0 Å². The molecule has 0 saturated heterocycles. The molecule has 4 rings (SSSR count). The van der Waals surface area contributed by atoms with Crippen LogP contribution in [0.5, 0.6) is 0 Å². The number of nitrogens with one attached hydrogen (secondary N) is 1. The molecule has 1 aliphatic heterocycles. The van der Waals surface area contributed by atoms with Crippen LogP contribution in [-0.2, 0) is 0 Å². The molecule has 1 aliphatic carbocycles. The van der Waals surface area contributed by atoms with E-state index in [0.717, 1.165) is 16.6 Å². The van der Waals surface area contributed by atoms with Crippen molar-refractivity contribution >= 4 is 44.8 Å². The van der Waals surface area contributed by atoms with E-state index < -0.39 is 0 Å². The summed E-state index contributed by atoms with van der Waals surface area (Å²) in [5.41, 5.74) is 3.50. The molecule has 0 radical (unpaired) electrons. The molecule has 2 aromatic carbocycles. The van der Waals surface area contributed by atoms with Gasteiger partial charge in [-0.2, -0.15) is 0 Å². The summed E-state index contributed by atoms with van der Waals surface area (Å²) < 4.78 is 1.13. The molecule has 1 nitrogen and oxygen atoms in total. The molecular formula is C18H14BrCl2N. The van der Waals surface area contributed by atoms with Crippen molar-refractivity contribution in [2.45, 2.75) is 18.4 Å². The van der Waals surface area contributed by atoms with Gasteiger partial charge in [0.1, 0.15) is 0 Å². The average molecular weight is 395 g/mol. The lowest BCUT2D eigenvalue weighted by Gasteiger charge is -2.38. The molecule has 2 aliphatic rings. The second kappa shape index (κ2) is 5.59. The van der Waals surface area contributed by atoms with E-state index in [1.165, 1.54) is 11.1 Å². The zero-order valence-electron chi connectivity index (χ0n) is 11.7. The Bertz CT molecular complexity index is 772. The van der Waals surface area contributed by atoms with Crippen LogP contribution in [0.4, 0.5) is 5.69 Å². The molecule has 0 unspecified atom stereocenters. The highest BCUT2D eigenvalue weighted by Gasteiger charge is 2.39. The molecule has 0 fully saturated rings. The Kier molecular flexibility index (Phi) is 3.72. The van der Waals surface area contributed by atoms with Crippen molar-refractivity contribution in [2.75, 3.05) is 5.32 Å². The van der Waals surface area contributed by atoms with Gasteiger partial charge in [-0.1, -0.05) is 69.5 Å². The van der Waals surface area contributed by atoms with Crippen LogP contribution in [0.15, 0.2) is 53.0 Å². The van der Waals surface area contributed by atoms with E-state index in [2.05, 4.69) is 51.6 Å². The monoisotopic (exact) mass is 393 g/mol. The van der Waals surface area contributed by atoms with Crippen LogP contribution in [0.1, 0.15) is 29.5 Å². The Labute approximate surface area is 148 Å². The lowest BCUT2D eigenvalue weighted by Crippen LogP contribution is -2.29. The van der Waals surface area contributed by atoms with Gasteiger partial charge in [0.25, 0.3) is 0 Å². The summed E-state index contributed by atoms with van der Waals surface area (Å²) >= 11 is 16.3. The smallest absolute Gasteiger partial charge is 0.0655 e. The van der Waals surface area contributed by atoms with Crippen molar-refractivity contribution in [3.63, 3.8) is 0 Å². The fourth-order valence-corrected chi connectivity index (χ4v) is 4.75. The normalized spacial score (nSPS) is 25.5. The van der Waals surface area contributed by atoms with E-state index in [1.54, 1.807) is 0 Å². The van der Waals surface area contributed by atoms with Crippen LogP contribution < -0.4 is 5.32 Å². The van der Waals surface area contributed by atoms with E-state index in [0.29, 0.717) is 21.9 Å². The van der Waals surface area contributed by atoms with Crippen LogP contribution >= 0.6 is 39.1 Å². The number of anilines is 1. The van der Waals surface area contributed by atoms with Crippen LogP contribution in [0.2, 0.25) is 10.0 Å². The molecule has 3 atom stereocenters. The maximum absolute atomic E-state index is 6.45. The van der Waals surface area contributed by atoms with Crippen molar-refractivity contribution in [1.29, 1.82) is 0 Å². The molecule has 112 valence electrons. The van der Waals surface area contributed by atoms with Crippen LogP contribution in [0, 0.1) is 5.92 Å². The summed E-state index contributed by atoms with van der Waals surface area (Å²) in [5, 5.41) is 5.05. The quantitative estimate of drug-likeness (QED) is 0.538. The lowest BCUT2D eigenvalue weighted by molar-refractivity contribution is 0.424. The highest BCUT2D eigenvalue weighted by atomic mass is 79.9. The Morgan fingerprint density at radius 3 is 2.73 bits per heavy atom. The Balaban J connectivity index is 1.86. The molecule has 0 spiro atoms. The summed E-state index contributed by atoms with van der Waals surface area (Å²) in [4.78, 5) is 0. The first-order valence-electron chi connectivity index (χ1n) is 7.31. The van der Waals surface area contributed by atoms with Crippen LogP contribution in [0.3, 0.4) is 0 Å². The second-order valence-corrected chi connectivity index (χ2v) is 7.55. The maximum Gasteiger partial charge on any atom is 0.0655 e. The molecule has 0 amide bonds. The Morgan fingerprint density at radius 1 is 1.09 bits per heavy atom. The highest BCUT2D eigenvalue weighted by molar-refractivity contribution is 9.10. The molecule has 1 N–H and O–H groups in total. The van der Waals surface area contributed by atoms with Gasteiger partial charge in [-0.3, -0.25) is 0 Å². The third kappa shape index (κ3) is 2.29. The van der Waals surface area contributed by atoms with Crippen LogP contribution in [0.25, 0.3) is 0 Å². The third-order valence-corrected chi connectivity index (χ3v) is 5.86. The number of halogens is 3. The predicted octanol–water partition coefficient (Wildman–Crippen LogP) is 6.58. The predicted molar refractivity (Wildman–Crippen MR) is 97.0 cm³/mol. The number of hydrogen-bond acceptors (Lipinski definition) is 1. The van der Waals surface area contributed by atoms with E-state index in [1.807, 2.05) is 18.2 Å². The minimum absolute atomic E-state index is 0.238. The lowest BCUT2D eigenvalue weighted by atomic mass is 9.77. The number of benzene rings is 2. The molecule has 0 bridgehead atoms. The first-order valence-corrected chi connectivity index (χ1v) is 8.86. The van der Waals surface area contributed by atoms with Gasteiger partial charge in [-0.05, 0) is 41.7 Å².